The molecule has 0 saturated carbocycles. The van der Waals surface area contributed by atoms with Crippen LogP contribution in [0.15, 0.2) is 30.3 Å². The second-order valence-electron chi connectivity index (χ2n) is 4.58. The number of benzene rings is 1. The zero-order valence-corrected chi connectivity index (χ0v) is 11.4. The Kier molecular flexibility index (Phi) is 3.94. The zero-order valence-electron chi connectivity index (χ0n) is 11.4. The Bertz CT molecular complexity index is 548. The molecule has 0 spiro atoms. The van der Waals surface area contributed by atoms with E-state index in [0.29, 0.717) is 6.54 Å². The Labute approximate surface area is 112 Å². The van der Waals surface area contributed by atoms with Crippen molar-refractivity contribution in [2.75, 3.05) is 11.4 Å². The number of carbonyl (C=O) groups is 1. The molecule has 1 aromatic carbocycles. The zero-order chi connectivity index (χ0) is 13.8. The number of nitrogens with zero attached hydrogens (tertiary/aromatic N) is 3. The van der Waals surface area contributed by atoms with Crippen LogP contribution in [-0.4, -0.2) is 27.6 Å². The van der Waals surface area contributed by atoms with Crippen LogP contribution in [0.25, 0.3) is 0 Å². The quantitative estimate of drug-likeness (QED) is 0.916. The molecule has 0 aliphatic carbocycles. The van der Waals surface area contributed by atoms with Gasteiger partial charge in [0.05, 0.1) is 0 Å². The van der Waals surface area contributed by atoms with E-state index in [1.54, 1.807) is 4.90 Å². The fourth-order valence-electron chi connectivity index (χ4n) is 1.80. The summed E-state index contributed by atoms with van der Waals surface area (Å²) in [5.41, 5.74) is 0.853. The van der Waals surface area contributed by atoms with Crippen LogP contribution >= 0.6 is 0 Å². The van der Waals surface area contributed by atoms with E-state index in [1.165, 1.54) is 0 Å². The van der Waals surface area contributed by atoms with Crippen LogP contribution in [0.4, 0.5) is 5.69 Å². The molecule has 0 aliphatic rings. The Hall–Kier alpha value is -2.17. The first-order chi connectivity index (χ1) is 9.13. The smallest absolute Gasteiger partial charge is 0.297 e. The minimum atomic E-state index is -0.183. The minimum Gasteiger partial charge on any atom is -0.306 e. The molecule has 0 unspecified atom stereocenters. The van der Waals surface area contributed by atoms with E-state index in [4.69, 9.17) is 0 Å². The second-order valence-corrected chi connectivity index (χ2v) is 4.58. The Balaban J connectivity index is 2.26. The topological polar surface area (TPSA) is 61.9 Å². The molecule has 0 fully saturated rings. The minimum absolute atomic E-state index is 0.183. The molecule has 1 N–H and O–H groups in total. The molecule has 100 valence electrons. The molecule has 2 aromatic rings. The molecule has 0 saturated heterocycles. The predicted molar refractivity (Wildman–Crippen MR) is 74.3 cm³/mol. The van der Waals surface area contributed by atoms with Gasteiger partial charge in [0.2, 0.25) is 5.82 Å². The first kappa shape index (κ1) is 13.3. The molecule has 0 aliphatic heterocycles. The molecular weight excluding hydrogens is 240 g/mol. The lowest BCUT2D eigenvalue weighted by Gasteiger charge is -2.19. The van der Waals surface area contributed by atoms with Crippen LogP contribution < -0.4 is 4.90 Å². The van der Waals surface area contributed by atoms with Crippen molar-refractivity contribution in [1.29, 1.82) is 0 Å². The van der Waals surface area contributed by atoms with Gasteiger partial charge in [0.1, 0.15) is 5.82 Å². The van der Waals surface area contributed by atoms with E-state index in [2.05, 4.69) is 15.2 Å². The average Bonchev–Trinajstić information content (AvgIpc) is 2.90. The van der Waals surface area contributed by atoms with E-state index in [0.717, 1.165) is 11.5 Å². The van der Waals surface area contributed by atoms with Crippen LogP contribution in [-0.2, 0) is 0 Å². The first-order valence-corrected chi connectivity index (χ1v) is 6.42. The van der Waals surface area contributed by atoms with Gasteiger partial charge in [-0.2, -0.15) is 0 Å². The Morgan fingerprint density at radius 1 is 1.32 bits per heavy atom. The van der Waals surface area contributed by atoms with Crippen LogP contribution in [0.2, 0.25) is 0 Å². The van der Waals surface area contributed by atoms with Gasteiger partial charge in [0.25, 0.3) is 5.91 Å². The SMILES string of the molecule is CCN(C(=O)c1n[nH]c(C(C)C)n1)c1ccccc1. The lowest BCUT2D eigenvalue weighted by molar-refractivity contribution is 0.0978. The van der Waals surface area contributed by atoms with Crippen molar-refractivity contribution >= 4 is 11.6 Å². The van der Waals surface area contributed by atoms with Gasteiger partial charge in [-0.1, -0.05) is 32.0 Å². The third-order valence-electron chi connectivity index (χ3n) is 2.87. The number of aromatic nitrogens is 3. The number of hydrogen-bond acceptors (Lipinski definition) is 3. The van der Waals surface area contributed by atoms with Crippen molar-refractivity contribution in [3.8, 4) is 0 Å². The molecule has 1 heterocycles. The van der Waals surface area contributed by atoms with Gasteiger partial charge in [0, 0.05) is 18.2 Å². The largest absolute Gasteiger partial charge is 0.306 e. The summed E-state index contributed by atoms with van der Waals surface area (Å²) >= 11 is 0. The van der Waals surface area contributed by atoms with Gasteiger partial charge in [-0.15, -0.1) is 5.10 Å². The normalized spacial score (nSPS) is 10.7. The summed E-state index contributed by atoms with van der Waals surface area (Å²) in [5.74, 6) is 0.986. The third kappa shape index (κ3) is 2.81. The fourth-order valence-corrected chi connectivity index (χ4v) is 1.80. The van der Waals surface area contributed by atoms with E-state index in [9.17, 15) is 4.79 Å². The van der Waals surface area contributed by atoms with Crippen molar-refractivity contribution in [2.24, 2.45) is 0 Å². The van der Waals surface area contributed by atoms with Crippen molar-refractivity contribution in [3.05, 3.63) is 42.0 Å². The monoisotopic (exact) mass is 258 g/mol. The summed E-state index contributed by atoms with van der Waals surface area (Å²) in [6, 6.07) is 9.53. The maximum Gasteiger partial charge on any atom is 0.297 e. The number of carbonyl (C=O) groups excluding carboxylic acids is 1. The van der Waals surface area contributed by atoms with E-state index < -0.39 is 0 Å². The van der Waals surface area contributed by atoms with Crippen LogP contribution in [0, 0.1) is 0 Å². The number of anilines is 1. The van der Waals surface area contributed by atoms with E-state index in [1.807, 2.05) is 51.1 Å². The van der Waals surface area contributed by atoms with E-state index in [-0.39, 0.29) is 17.6 Å². The number of aromatic amines is 1. The summed E-state index contributed by atoms with van der Waals surface area (Å²) in [4.78, 5) is 18.3. The summed E-state index contributed by atoms with van der Waals surface area (Å²) in [7, 11) is 0. The molecule has 1 aromatic heterocycles. The maximum atomic E-state index is 12.4. The van der Waals surface area contributed by atoms with Crippen molar-refractivity contribution in [2.45, 2.75) is 26.7 Å². The van der Waals surface area contributed by atoms with Gasteiger partial charge in [-0.05, 0) is 19.1 Å². The van der Waals surface area contributed by atoms with Gasteiger partial charge in [-0.25, -0.2) is 4.98 Å². The molecule has 0 radical (unpaired) electrons. The molecule has 1 amide bonds. The Morgan fingerprint density at radius 2 is 2.00 bits per heavy atom. The Morgan fingerprint density at radius 3 is 2.53 bits per heavy atom. The van der Waals surface area contributed by atoms with Crippen molar-refractivity contribution < 1.29 is 4.79 Å². The van der Waals surface area contributed by atoms with Crippen LogP contribution in [0.3, 0.4) is 0 Å². The number of para-hydroxylation sites is 1. The standard InChI is InChI=1S/C14H18N4O/c1-4-18(11-8-6-5-7-9-11)14(19)13-15-12(10(2)3)16-17-13/h5-10H,4H2,1-3H3,(H,15,16,17). The highest BCUT2D eigenvalue weighted by molar-refractivity contribution is 6.03. The summed E-state index contributed by atoms with van der Waals surface area (Å²) in [6.45, 7) is 6.52. The lowest BCUT2D eigenvalue weighted by atomic mass is 10.2. The summed E-state index contributed by atoms with van der Waals surface area (Å²) in [6.07, 6.45) is 0. The molecule has 19 heavy (non-hydrogen) atoms. The maximum absolute atomic E-state index is 12.4. The first-order valence-electron chi connectivity index (χ1n) is 6.42. The van der Waals surface area contributed by atoms with Gasteiger partial charge < -0.3 is 4.90 Å². The molecule has 5 heteroatoms. The third-order valence-corrected chi connectivity index (χ3v) is 2.87. The molecule has 0 bridgehead atoms. The van der Waals surface area contributed by atoms with Crippen molar-refractivity contribution in [1.82, 2.24) is 15.2 Å². The lowest BCUT2D eigenvalue weighted by Crippen LogP contribution is -2.31. The highest BCUT2D eigenvalue weighted by atomic mass is 16.2. The molecule has 5 nitrogen and oxygen atoms in total. The number of nitrogens with one attached hydrogen (secondary N) is 1. The van der Waals surface area contributed by atoms with Crippen LogP contribution in [0.1, 0.15) is 43.1 Å². The molecular formula is C14H18N4O. The number of hydrogen-bond donors (Lipinski definition) is 1. The van der Waals surface area contributed by atoms with Crippen molar-refractivity contribution in [3.63, 3.8) is 0 Å². The van der Waals surface area contributed by atoms with Gasteiger partial charge in [0.15, 0.2) is 0 Å². The molecule has 0 atom stereocenters. The number of H-pyrrole nitrogens is 1. The summed E-state index contributed by atoms with van der Waals surface area (Å²) in [5, 5.41) is 6.81. The predicted octanol–water partition coefficient (Wildman–Crippen LogP) is 2.59. The highest BCUT2D eigenvalue weighted by Crippen LogP contribution is 2.16. The second kappa shape index (κ2) is 5.65. The van der Waals surface area contributed by atoms with Gasteiger partial charge in [-0.3, -0.25) is 9.89 Å². The van der Waals surface area contributed by atoms with Crippen LogP contribution in [0.5, 0.6) is 0 Å². The van der Waals surface area contributed by atoms with E-state index >= 15 is 0 Å². The summed E-state index contributed by atoms with van der Waals surface area (Å²) < 4.78 is 0. The van der Waals surface area contributed by atoms with Gasteiger partial charge >= 0.3 is 0 Å². The highest BCUT2D eigenvalue weighted by Gasteiger charge is 2.20. The average molecular weight is 258 g/mol. The number of rotatable bonds is 4. The molecule has 2 rings (SSSR count). The number of amides is 1. The fraction of sp³-hybridized carbons (Fsp3) is 0.357.